The number of ether oxygens (including phenoxy) is 1. The minimum absolute atomic E-state index is 0.0268. The summed E-state index contributed by atoms with van der Waals surface area (Å²) in [6, 6.07) is 15.9. The molecule has 0 aliphatic rings. The second kappa shape index (κ2) is 10.4. The first-order valence-electron chi connectivity index (χ1n) is 11.2. The van der Waals surface area contributed by atoms with Crippen molar-refractivity contribution in [3.8, 4) is 0 Å². The highest BCUT2D eigenvalue weighted by Crippen LogP contribution is 2.19. The summed E-state index contributed by atoms with van der Waals surface area (Å²) in [4.78, 5) is 59.8. The van der Waals surface area contributed by atoms with Crippen LogP contribution in [-0.4, -0.2) is 45.3 Å². The van der Waals surface area contributed by atoms with Crippen molar-refractivity contribution >= 4 is 28.3 Å². The summed E-state index contributed by atoms with van der Waals surface area (Å²) in [5.74, 6) is -0.413. The number of aromatic amines is 1. The number of hydrogen-bond acceptors (Lipinski definition) is 7. The van der Waals surface area contributed by atoms with Crippen molar-refractivity contribution in [1.29, 1.82) is 0 Å². The summed E-state index contributed by atoms with van der Waals surface area (Å²) in [6.45, 7) is 1.40. The number of benzene rings is 2. The highest BCUT2D eigenvalue weighted by Gasteiger charge is 2.25. The molecule has 36 heavy (non-hydrogen) atoms. The summed E-state index contributed by atoms with van der Waals surface area (Å²) < 4.78 is 7.57. The molecule has 0 fully saturated rings. The Bertz CT molecular complexity index is 1590. The Balaban J connectivity index is 1.77. The Morgan fingerprint density at radius 3 is 2.47 bits per heavy atom. The van der Waals surface area contributed by atoms with E-state index in [1.165, 1.54) is 16.2 Å². The number of fused-ring (bicyclic) bond motifs is 1. The van der Waals surface area contributed by atoms with Crippen LogP contribution in [-0.2, 0) is 22.6 Å². The van der Waals surface area contributed by atoms with Crippen LogP contribution in [0.1, 0.15) is 11.4 Å². The van der Waals surface area contributed by atoms with Gasteiger partial charge in [-0.2, -0.15) is 0 Å². The molecule has 2 heterocycles. The van der Waals surface area contributed by atoms with Crippen LogP contribution < -0.4 is 27.4 Å². The van der Waals surface area contributed by atoms with Gasteiger partial charge in [-0.3, -0.25) is 28.5 Å². The molecule has 0 atom stereocenters. The average Bonchev–Trinajstić information content (AvgIpc) is 2.86. The molecule has 1 amide bonds. The van der Waals surface area contributed by atoms with Crippen LogP contribution in [0.25, 0.3) is 10.9 Å². The molecule has 11 nitrogen and oxygen atoms in total. The van der Waals surface area contributed by atoms with E-state index < -0.39 is 17.2 Å². The molecule has 0 saturated heterocycles. The molecule has 0 saturated carbocycles. The lowest BCUT2D eigenvalue weighted by Gasteiger charge is -2.25. The second-order valence-electron chi connectivity index (χ2n) is 8.17. The molecule has 186 valence electrons. The number of amides is 1. The number of methoxy groups -OCH3 is 1. The van der Waals surface area contributed by atoms with Gasteiger partial charge in [0.25, 0.3) is 11.1 Å². The number of carbonyl (C=O) groups excluding carboxylic acids is 1. The third kappa shape index (κ3) is 4.82. The molecule has 4 aromatic rings. The molecule has 0 aliphatic heterocycles. The van der Waals surface area contributed by atoms with Gasteiger partial charge in [-0.05, 0) is 24.6 Å². The van der Waals surface area contributed by atoms with E-state index >= 15 is 0 Å². The first kappa shape index (κ1) is 24.6. The number of nitrogens with one attached hydrogen (secondary N) is 1. The van der Waals surface area contributed by atoms with Crippen molar-refractivity contribution < 1.29 is 9.53 Å². The van der Waals surface area contributed by atoms with E-state index in [0.717, 1.165) is 10.5 Å². The molecular weight excluding hydrogens is 464 g/mol. The second-order valence-corrected chi connectivity index (χ2v) is 8.17. The molecule has 0 radical (unpaired) electrons. The quantitative estimate of drug-likeness (QED) is 0.373. The van der Waals surface area contributed by atoms with Crippen LogP contribution in [0.4, 0.5) is 11.5 Å². The molecule has 0 spiro atoms. The summed E-state index contributed by atoms with van der Waals surface area (Å²) >= 11 is 0. The zero-order chi connectivity index (χ0) is 25.8. The maximum atomic E-state index is 13.5. The Morgan fingerprint density at radius 2 is 1.75 bits per heavy atom. The fourth-order valence-corrected chi connectivity index (χ4v) is 3.99. The lowest BCUT2D eigenvalue weighted by atomic mass is 10.2. The van der Waals surface area contributed by atoms with Gasteiger partial charge in [0.2, 0.25) is 5.91 Å². The smallest absolute Gasteiger partial charge is 0.330 e. The summed E-state index contributed by atoms with van der Waals surface area (Å²) in [6.07, 6.45) is 0. The van der Waals surface area contributed by atoms with Gasteiger partial charge in [0.1, 0.15) is 18.2 Å². The van der Waals surface area contributed by atoms with Crippen molar-refractivity contribution in [2.45, 2.75) is 20.0 Å². The molecule has 2 aromatic carbocycles. The van der Waals surface area contributed by atoms with Crippen LogP contribution >= 0.6 is 0 Å². The van der Waals surface area contributed by atoms with Crippen molar-refractivity contribution in [2.75, 3.05) is 30.9 Å². The first-order chi connectivity index (χ1) is 17.3. The van der Waals surface area contributed by atoms with Crippen LogP contribution in [0.15, 0.2) is 69.0 Å². The summed E-state index contributed by atoms with van der Waals surface area (Å²) in [7, 11) is 1.45. The largest absolute Gasteiger partial charge is 0.383 e. The van der Waals surface area contributed by atoms with Gasteiger partial charge in [-0.15, -0.1) is 0 Å². The van der Waals surface area contributed by atoms with Gasteiger partial charge in [-0.1, -0.05) is 42.5 Å². The number of para-hydroxylation sites is 1. The minimum atomic E-state index is -0.813. The first-order valence-corrected chi connectivity index (χ1v) is 11.2. The Labute approximate surface area is 205 Å². The van der Waals surface area contributed by atoms with E-state index in [1.807, 2.05) is 30.3 Å². The van der Waals surface area contributed by atoms with Crippen molar-refractivity contribution in [2.24, 2.45) is 0 Å². The predicted octanol–water partition coefficient (Wildman–Crippen LogP) is 0.865. The maximum absolute atomic E-state index is 13.5. The predicted molar refractivity (Wildman–Crippen MR) is 136 cm³/mol. The fourth-order valence-electron chi connectivity index (χ4n) is 3.99. The fraction of sp³-hybridized carbons (Fsp3) is 0.240. The molecule has 4 rings (SSSR count). The molecule has 0 aliphatic carbocycles. The molecule has 3 N–H and O–H groups in total. The number of anilines is 2. The third-order valence-electron chi connectivity index (χ3n) is 5.83. The van der Waals surface area contributed by atoms with Gasteiger partial charge < -0.3 is 15.4 Å². The Morgan fingerprint density at radius 1 is 1.06 bits per heavy atom. The Hall–Kier alpha value is -4.51. The van der Waals surface area contributed by atoms with Crippen LogP contribution in [0.5, 0.6) is 0 Å². The standard InChI is InChI=1S/C25H26N6O5/c1-16-27-19-11-7-6-10-18(19)24(34)30(16)15-20(32)29(12-13-36-2)21-22(26)31(25(35)28-23(21)33)14-17-8-4-3-5-9-17/h3-11H,12-15,26H2,1-2H3,(H,28,33,35). The third-order valence-corrected chi connectivity index (χ3v) is 5.83. The lowest BCUT2D eigenvalue weighted by Crippen LogP contribution is -2.45. The number of rotatable bonds is 8. The minimum Gasteiger partial charge on any atom is -0.383 e. The van der Waals surface area contributed by atoms with Crippen molar-refractivity contribution in [1.82, 2.24) is 19.1 Å². The number of nitrogens with zero attached hydrogens (tertiary/aromatic N) is 4. The lowest BCUT2D eigenvalue weighted by molar-refractivity contribution is -0.119. The zero-order valence-electron chi connectivity index (χ0n) is 19.9. The van der Waals surface area contributed by atoms with E-state index in [2.05, 4.69) is 9.97 Å². The summed E-state index contributed by atoms with van der Waals surface area (Å²) in [5.41, 5.74) is 5.52. The maximum Gasteiger partial charge on any atom is 0.330 e. The van der Waals surface area contributed by atoms with E-state index in [1.54, 1.807) is 31.2 Å². The molecule has 11 heteroatoms. The molecule has 0 unspecified atom stereocenters. The molecular formula is C25H26N6O5. The van der Waals surface area contributed by atoms with Gasteiger partial charge in [-0.25, -0.2) is 9.78 Å². The van der Waals surface area contributed by atoms with Crippen molar-refractivity contribution in [3.05, 3.63) is 97.2 Å². The van der Waals surface area contributed by atoms with Gasteiger partial charge in [0.05, 0.1) is 24.1 Å². The number of aryl methyl sites for hydroxylation is 1. The molecule has 2 aromatic heterocycles. The number of nitrogen functional groups attached to an aromatic ring is 1. The summed E-state index contributed by atoms with van der Waals surface area (Å²) in [5, 5.41) is 0.369. The van der Waals surface area contributed by atoms with E-state index in [4.69, 9.17) is 10.5 Å². The van der Waals surface area contributed by atoms with Gasteiger partial charge in [0, 0.05) is 13.7 Å². The topological polar surface area (TPSA) is 145 Å². The van der Waals surface area contributed by atoms with E-state index in [0.29, 0.717) is 16.7 Å². The van der Waals surface area contributed by atoms with Crippen LogP contribution in [0, 0.1) is 6.92 Å². The van der Waals surface area contributed by atoms with E-state index in [9.17, 15) is 19.2 Å². The number of aromatic nitrogens is 4. The van der Waals surface area contributed by atoms with E-state index in [-0.39, 0.29) is 43.3 Å². The highest BCUT2D eigenvalue weighted by molar-refractivity contribution is 5.95. The average molecular weight is 491 g/mol. The normalized spacial score (nSPS) is 11.1. The number of H-pyrrole nitrogens is 1. The van der Waals surface area contributed by atoms with Gasteiger partial charge in [0.15, 0.2) is 5.69 Å². The number of carbonyl (C=O) groups is 1. The number of nitrogens with two attached hydrogens (primary N) is 1. The van der Waals surface area contributed by atoms with Gasteiger partial charge >= 0.3 is 5.69 Å². The monoisotopic (exact) mass is 490 g/mol. The molecule has 0 bridgehead atoms. The Kier molecular flexibility index (Phi) is 7.11. The van der Waals surface area contributed by atoms with Crippen LogP contribution in [0.2, 0.25) is 0 Å². The van der Waals surface area contributed by atoms with Crippen LogP contribution in [0.3, 0.4) is 0 Å². The highest BCUT2D eigenvalue weighted by atomic mass is 16.5. The zero-order valence-corrected chi connectivity index (χ0v) is 19.9. The van der Waals surface area contributed by atoms with Crippen molar-refractivity contribution in [3.63, 3.8) is 0 Å². The number of hydrogen-bond donors (Lipinski definition) is 2. The SMILES string of the molecule is COCCN(C(=O)Cn1c(C)nc2ccccc2c1=O)c1c(N)n(Cc2ccccc2)c(=O)[nH]c1=O.